The summed E-state index contributed by atoms with van der Waals surface area (Å²) in [5.74, 6) is -0.160. The second-order valence-corrected chi connectivity index (χ2v) is 9.91. The number of amides is 3. The van der Waals surface area contributed by atoms with Crippen molar-refractivity contribution in [3.8, 4) is 5.75 Å². The van der Waals surface area contributed by atoms with Crippen LogP contribution in [-0.2, 0) is 16.2 Å². The number of likely N-dealkylation sites (N-methyl/N-ethyl adjacent to an activating group) is 1. The van der Waals surface area contributed by atoms with Crippen molar-refractivity contribution in [2.45, 2.75) is 34.3 Å². The van der Waals surface area contributed by atoms with Gasteiger partial charge in [-0.05, 0) is 86.4 Å². The van der Waals surface area contributed by atoms with E-state index in [2.05, 4.69) is 20.6 Å². The van der Waals surface area contributed by atoms with Gasteiger partial charge in [0.05, 0.1) is 17.8 Å². The summed E-state index contributed by atoms with van der Waals surface area (Å²) in [6.45, 7) is 8.39. The molecule has 0 fully saturated rings. The molecular formula is C33H35N5O4. The van der Waals surface area contributed by atoms with Gasteiger partial charge in [0.2, 0.25) is 11.8 Å². The fraction of sp³-hybridized carbons (Fsp3) is 0.242. The Morgan fingerprint density at radius 1 is 0.976 bits per heavy atom. The van der Waals surface area contributed by atoms with Crippen LogP contribution in [0.15, 0.2) is 66.9 Å². The number of hydrogen-bond acceptors (Lipinski definition) is 6. The maximum atomic E-state index is 13.0. The first-order valence-corrected chi connectivity index (χ1v) is 13.7. The molecule has 0 aliphatic heterocycles. The quantitative estimate of drug-likeness (QED) is 0.270. The molecule has 0 bridgehead atoms. The summed E-state index contributed by atoms with van der Waals surface area (Å²) in [6.07, 6.45) is 4.72. The summed E-state index contributed by atoms with van der Waals surface area (Å²) >= 11 is 0. The predicted octanol–water partition coefficient (Wildman–Crippen LogP) is 4.68. The van der Waals surface area contributed by atoms with Crippen LogP contribution >= 0.6 is 0 Å². The van der Waals surface area contributed by atoms with Crippen molar-refractivity contribution in [3.63, 3.8) is 0 Å². The molecule has 0 aliphatic rings. The number of rotatable bonds is 10. The second-order valence-electron chi connectivity index (χ2n) is 9.91. The average Bonchev–Trinajstić information content (AvgIpc) is 2.99. The first kappa shape index (κ1) is 29.9. The zero-order valence-electron chi connectivity index (χ0n) is 24.5. The number of aromatic nitrogens is 2. The van der Waals surface area contributed by atoms with Gasteiger partial charge in [-0.3, -0.25) is 19.4 Å². The highest BCUT2D eigenvalue weighted by Gasteiger charge is 2.17. The summed E-state index contributed by atoms with van der Waals surface area (Å²) in [7, 11) is 1.69. The monoisotopic (exact) mass is 565 g/mol. The number of fused-ring (bicyclic) bond motifs is 1. The number of ether oxygens (including phenoxy) is 1. The molecule has 42 heavy (non-hydrogen) atoms. The zero-order chi connectivity index (χ0) is 30.2. The maximum Gasteiger partial charge on any atom is 0.251 e. The van der Waals surface area contributed by atoms with E-state index in [0.29, 0.717) is 30.0 Å². The van der Waals surface area contributed by atoms with E-state index in [-0.39, 0.29) is 18.4 Å². The van der Waals surface area contributed by atoms with Crippen molar-refractivity contribution in [3.05, 3.63) is 100 Å². The molecule has 0 saturated heterocycles. The number of hydrogen-bond donors (Lipinski definition) is 2. The molecule has 9 nitrogen and oxygen atoms in total. The number of carbonyl (C=O) groups excluding carboxylic acids is 3. The fourth-order valence-electron chi connectivity index (χ4n) is 4.48. The van der Waals surface area contributed by atoms with E-state index in [9.17, 15) is 14.4 Å². The molecule has 1 aromatic heterocycles. The van der Waals surface area contributed by atoms with Crippen molar-refractivity contribution < 1.29 is 19.1 Å². The lowest BCUT2D eigenvalue weighted by atomic mass is 10.0. The molecule has 0 unspecified atom stereocenters. The first-order valence-electron chi connectivity index (χ1n) is 13.7. The minimum absolute atomic E-state index is 0.147. The Labute approximate surface area is 245 Å². The number of benzene rings is 3. The van der Waals surface area contributed by atoms with E-state index >= 15 is 0 Å². The van der Waals surface area contributed by atoms with Crippen molar-refractivity contribution in [2.24, 2.45) is 0 Å². The van der Waals surface area contributed by atoms with Crippen LogP contribution < -0.4 is 20.3 Å². The van der Waals surface area contributed by atoms with Gasteiger partial charge in [-0.1, -0.05) is 24.3 Å². The number of carbonyl (C=O) groups is 3. The topological polar surface area (TPSA) is 114 Å². The second kappa shape index (κ2) is 13.5. The Morgan fingerprint density at radius 2 is 1.74 bits per heavy atom. The third-order valence-corrected chi connectivity index (χ3v) is 6.92. The first-order chi connectivity index (χ1) is 20.2. The predicted molar refractivity (Wildman–Crippen MR) is 164 cm³/mol. The van der Waals surface area contributed by atoms with Gasteiger partial charge in [-0.15, -0.1) is 0 Å². The van der Waals surface area contributed by atoms with Gasteiger partial charge in [0.1, 0.15) is 17.9 Å². The number of nitrogens with one attached hydrogen (secondary N) is 2. The third-order valence-electron chi connectivity index (χ3n) is 6.92. The van der Waals surface area contributed by atoms with Gasteiger partial charge in [-0.25, -0.2) is 4.98 Å². The molecule has 4 aromatic rings. The molecule has 1 heterocycles. The van der Waals surface area contributed by atoms with Crippen LogP contribution in [0.25, 0.3) is 17.1 Å². The smallest absolute Gasteiger partial charge is 0.251 e. The molecular weight excluding hydrogens is 530 g/mol. The highest BCUT2D eigenvalue weighted by Crippen LogP contribution is 2.28. The van der Waals surface area contributed by atoms with Crippen LogP contribution in [0.1, 0.15) is 45.2 Å². The van der Waals surface area contributed by atoms with Crippen LogP contribution in [0.2, 0.25) is 0 Å². The number of aryl methyl sites for hydroxylation is 2. The average molecular weight is 566 g/mol. The Morgan fingerprint density at radius 3 is 2.48 bits per heavy atom. The number of anilines is 1. The maximum absolute atomic E-state index is 13.0. The minimum Gasteiger partial charge on any atom is -0.487 e. The molecule has 0 aliphatic carbocycles. The van der Waals surface area contributed by atoms with E-state index in [1.54, 1.807) is 43.6 Å². The molecule has 4 rings (SSSR count). The van der Waals surface area contributed by atoms with Crippen LogP contribution in [0.3, 0.4) is 0 Å². The highest BCUT2D eigenvalue weighted by atomic mass is 16.5. The summed E-state index contributed by atoms with van der Waals surface area (Å²) in [5.41, 5.74) is 7.23. The largest absolute Gasteiger partial charge is 0.487 e. The normalized spacial score (nSPS) is 11.0. The lowest BCUT2D eigenvalue weighted by Crippen LogP contribution is -2.38. The minimum atomic E-state index is -0.396. The van der Waals surface area contributed by atoms with Crippen molar-refractivity contribution in [1.29, 1.82) is 0 Å². The Balaban J connectivity index is 1.37. The molecule has 0 radical (unpaired) electrons. The summed E-state index contributed by atoms with van der Waals surface area (Å²) in [5, 5.41) is 5.39. The Kier molecular flexibility index (Phi) is 9.65. The third kappa shape index (κ3) is 7.17. The molecule has 0 spiro atoms. The van der Waals surface area contributed by atoms with Crippen LogP contribution in [-0.4, -0.2) is 47.8 Å². The molecule has 216 valence electrons. The lowest BCUT2D eigenvalue weighted by molar-refractivity contribution is -0.122. The van der Waals surface area contributed by atoms with Gasteiger partial charge in [0.25, 0.3) is 5.91 Å². The Bertz CT molecular complexity index is 1650. The van der Waals surface area contributed by atoms with Gasteiger partial charge in [0, 0.05) is 37.1 Å². The van der Waals surface area contributed by atoms with Gasteiger partial charge in [0.15, 0.2) is 0 Å². The SMILES string of the molecule is CCNC(=O)c1ccc(C=CC(=O)NCC(=O)N(C)c2ccc(C)c(COc3cccc4ncc(C)nc34)c2C)cc1. The van der Waals surface area contributed by atoms with E-state index in [0.717, 1.165) is 39.2 Å². The van der Waals surface area contributed by atoms with Gasteiger partial charge >= 0.3 is 0 Å². The fourth-order valence-corrected chi connectivity index (χ4v) is 4.48. The van der Waals surface area contributed by atoms with E-state index in [1.807, 2.05) is 58.0 Å². The zero-order valence-corrected chi connectivity index (χ0v) is 24.5. The van der Waals surface area contributed by atoms with E-state index < -0.39 is 5.91 Å². The van der Waals surface area contributed by atoms with Crippen molar-refractivity contribution >= 4 is 40.5 Å². The lowest BCUT2D eigenvalue weighted by Gasteiger charge is -2.23. The van der Waals surface area contributed by atoms with Gasteiger partial charge < -0.3 is 20.3 Å². The molecule has 3 aromatic carbocycles. The molecule has 3 amide bonds. The Hall–Kier alpha value is -5.05. The van der Waals surface area contributed by atoms with Crippen LogP contribution in [0, 0.1) is 20.8 Å². The van der Waals surface area contributed by atoms with Crippen LogP contribution in [0.4, 0.5) is 5.69 Å². The molecule has 0 atom stereocenters. The number of para-hydroxylation sites is 1. The van der Waals surface area contributed by atoms with Crippen molar-refractivity contribution in [2.75, 3.05) is 25.0 Å². The van der Waals surface area contributed by atoms with Crippen molar-refractivity contribution in [1.82, 2.24) is 20.6 Å². The summed E-state index contributed by atoms with van der Waals surface area (Å²) in [4.78, 5) is 47.8. The molecule has 2 N–H and O–H groups in total. The molecule has 0 saturated carbocycles. The van der Waals surface area contributed by atoms with Gasteiger partial charge in [-0.2, -0.15) is 0 Å². The van der Waals surface area contributed by atoms with E-state index in [1.165, 1.54) is 11.0 Å². The summed E-state index contributed by atoms with van der Waals surface area (Å²) in [6, 6.07) is 16.4. The molecule has 9 heteroatoms. The summed E-state index contributed by atoms with van der Waals surface area (Å²) < 4.78 is 6.20. The van der Waals surface area contributed by atoms with E-state index in [4.69, 9.17) is 4.74 Å². The number of nitrogens with zero attached hydrogens (tertiary/aromatic N) is 3. The standard InChI is InChI=1S/C33H35N5O4/c1-6-34-33(41)25-14-11-24(12-15-25)13-17-30(39)36-19-31(40)38(5)28-16-10-21(2)26(23(28)4)20-42-29-9-7-8-27-32(29)37-22(3)18-35-27/h7-18H,6,19-20H2,1-5H3,(H,34,41)(H,36,39). The highest BCUT2D eigenvalue weighted by molar-refractivity contribution is 5.99. The van der Waals surface area contributed by atoms with Crippen LogP contribution in [0.5, 0.6) is 5.75 Å².